The molecule has 0 amide bonds. The Morgan fingerprint density at radius 2 is 1.95 bits per heavy atom. The van der Waals surface area contributed by atoms with Gasteiger partial charge in [-0.2, -0.15) is 4.31 Å². The molecule has 0 atom stereocenters. The Morgan fingerprint density at radius 1 is 1.24 bits per heavy atom. The minimum atomic E-state index is -3.66. The summed E-state index contributed by atoms with van der Waals surface area (Å²) in [5.74, 6) is 0.601. The predicted molar refractivity (Wildman–Crippen MR) is 82.3 cm³/mol. The third-order valence-electron chi connectivity index (χ3n) is 3.57. The first-order valence-corrected chi connectivity index (χ1v) is 8.20. The molecule has 0 fully saturated rings. The lowest BCUT2D eigenvalue weighted by molar-refractivity contribution is 0.375. The van der Waals surface area contributed by atoms with Gasteiger partial charge in [0.2, 0.25) is 10.0 Å². The van der Waals surface area contributed by atoms with Crippen LogP contribution in [-0.4, -0.2) is 19.3 Å². The van der Waals surface area contributed by atoms with Gasteiger partial charge >= 0.3 is 0 Å². The van der Waals surface area contributed by atoms with Crippen molar-refractivity contribution in [1.82, 2.24) is 4.31 Å². The number of sulfonamides is 1. The van der Waals surface area contributed by atoms with Crippen LogP contribution >= 0.6 is 0 Å². The van der Waals surface area contributed by atoms with Gasteiger partial charge in [0, 0.05) is 6.54 Å². The van der Waals surface area contributed by atoms with Crippen LogP contribution in [0.5, 0.6) is 0 Å². The number of furan rings is 1. The van der Waals surface area contributed by atoms with Crippen molar-refractivity contribution in [3.63, 3.8) is 0 Å². The average Bonchev–Trinajstić information content (AvgIpc) is 2.93. The summed E-state index contributed by atoms with van der Waals surface area (Å²) < 4.78 is 32.4. The molecule has 5 nitrogen and oxygen atoms in total. The van der Waals surface area contributed by atoms with E-state index in [1.54, 1.807) is 32.0 Å². The molecule has 0 aliphatic carbocycles. The maximum Gasteiger partial charge on any atom is 0.245 e. The van der Waals surface area contributed by atoms with Crippen molar-refractivity contribution in [3.05, 3.63) is 47.4 Å². The SMILES string of the molecule is CCN(Cc1ccco1)S(=O)(=O)c1c(N)ccc(C)c1C. The molecule has 1 aromatic heterocycles. The minimum absolute atomic E-state index is 0.191. The van der Waals surface area contributed by atoms with Crippen LogP contribution < -0.4 is 5.73 Å². The van der Waals surface area contributed by atoms with Gasteiger partial charge in [0.15, 0.2) is 0 Å². The van der Waals surface area contributed by atoms with Crippen molar-refractivity contribution in [2.24, 2.45) is 0 Å². The lowest BCUT2D eigenvalue weighted by Crippen LogP contribution is -2.31. The second kappa shape index (κ2) is 5.91. The molecule has 0 radical (unpaired) electrons. The fraction of sp³-hybridized carbons (Fsp3) is 0.333. The number of hydrogen-bond donors (Lipinski definition) is 1. The summed E-state index contributed by atoms with van der Waals surface area (Å²) in [4.78, 5) is 0.191. The summed E-state index contributed by atoms with van der Waals surface area (Å²) in [6.07, 6.45) is 1.53. The lowest BCUT2D eigenvalue weighted by atomic mass is 10.1. The highest BCUT2D eigenvalue weighted by Gasteiger charge is 2.28. The van der Waals surface area contributed by atoms with Gasteiger partial charge in [0.1, 0.15) is 10.7 Å². The summed E-state index contributed by atoms with van der Waals surface area (Å²) in [5, 5.41) is 0. The van der Waals surface area contributed by atoms with Gasteiger partial charge < -0.3 is 10.2 Å². The van der Waals surface area contributed by atoms with Gasteiger partial charge in [-0.25, -0.2) is 8.42 Å². The molecule has 2 aromatic rings. The zero-order valence-electron chi connectivity index (χ0n) is 12.5. The third-order valence-corrected chi connectivity index (χ3v) is 5.69. The summed E-state index contributed by atoms with van der Waals surface area (Å²) in [6, 6.07) is 6.95. The van der Waals surface area contributed by atoms with Gasteiger partial charge in [0.25, 0.3) is 0 Å². The molecule has 2 N–H and O–H groups in total. The Balaban J connectivity index is 2.47. The van der Waals surface area contributed by atoms with Crippen LogP contribution in [0.25, 0.3) is 0 Å². The second-order valence-corrected chi connectivity index (χ2v) is 6.81. The van der Waals surface area contributed by atoms with Gasteiger partial charge in [-0.05, 0) is 43.2 Å². The Hall–Kier alpha value is -1.79. The molecule has 114 valence electrons. The van der Waals surface area contributed by atoms with Crippen LogP contribution in [0.4, 0.5) is 5.69 Å². The van der Waals surface area contributed by atoms with E-state index in [9.17, 15) is 8.42 Å². The highest BCUT2D eigenvalue weighted by molar-refractivity contribution is 7.89. The molecule has 0 aliphatic heterocycles. The normalized spacial score (nSPS) is 12.0. The second-order valence-electron chi connectivity index (χ2n) is 4.94. The van der Waals surface area contributed by atoms with Crippen molar-refractivity contribution in [2.75, 3.05) is 12.3 Å². The van der Waals surface area contributed by atoms with E-state index >= 15 is 0 Å². The zero-order chi connectivity index (χ0) is 15.6. The fourth-order valence-electron chi connectivity index (χ4n) is 2.23. The fourth-order valence-corrected chi connectivity index (χ4v) is 4.03. The van der Waals surface area contributed by atoms with Crippen molar-refractivity contribution >= 4 is 15.7 Å². The summed E-state index contributed by atoms with van der Waals surface area (Å²) in [7, 11) is -3.66. The summed E-state index contributed by atoms with van der Waals surface area (Å²) in [5.41, 5.74) is 7.77. The van der Waals surface area contributed by atoms with E-state index in [0.29, 0.717) is 17.9 Å². The first-order valence-electron chi connectivity index (χ1n) is 6.76. The van der Waals surface area contributed by atoms with E-state index in [1.807, 2.05) is 13.0 Å². The first kappa shape index (κ1) is 15.6. The van der Waals surface area contributed by atoms with Crippen LogP contribution in [0.2, 0.25) is 0 Å². The smallest absolute Gasteiger partial charge is 0.245 e. The van der Waals surface area contributed by atoms with Crippen molar-refractivity contribution in [3.8, 4) is 0 Å². The Bertz CT molecular complexity index is 722. The molecule has 0 bridgehead atoms. The lowest BCUT2D eigenvalue weighted by Gasteiger charge is -2.22. The Labute approximate surface area is 125 Å². The molecule has 1 heterocycles. The van der Waals surface area contributed by atoms with Gasteiger partial charge in [-0.1, -0.05) is 13.0 Å². The summed E-state index contributed by atoms with van der Waals surface area (Å²) >= 11 is 0. The van der Waals surface area contributed by atoms with Crippen LogP contribution in [0.15, 0.2) is 39.8 Å². The minimum Gasteiger partial charge on any atom is -0.468 e. The molecule has 0 spiro atoms. The molecule has 2 rings (SSSR count). The van der Waals surface area contributed by atoms with Crippen molar-refractivity contribution < 1.29 is 12.8 Å². The van der Waals surface area contributed by atoms with E-state index in [4.69, 9.17) is 10.2 Å². The Morgan fingerprint density at radius 3 is 2.52 bits per heavy atom. The topological polar surface area (TPSA) is 76.5 Å². The quantitative estimate of drug-likeness (QED) is 0.862. The maximum absolute atomic E-state index is 12.9. The number of nitrogens with two attached hydrogens (primary N) is 1. The number of rotatable bonds is 5. The summed E-state index contributed by atoms with van der Waals surface area (Å²) in [6.45, 7) is 5.98. The molecule has 0 aliphatic rings. The maximum atomic E-state index is 12.9. The highest BCUT2D eigenvalue weighted by atomic mass is 32.2. The number of aryl methyl sites for hydroxylation is 1. The molecular formula is C15H20N2O3S. The molecule has 6 heteroatoms. The number of benzene rings is 1. The number of hydrogen-bond acceptors (Lipinski definition) is 4. The average molecular weight is 308 g/mol. The molecule has 0 unspecified atom stereocenters. The Kier molecular flexibility index (Phi) is 4.39. The van der Waals surface area contributed by atoms with E-state index in [-0.39, 0.29) is 17.1 Å². The highest BCUT2D eigenvalue weighted by Crippen LogP contribution is 2.29. The van der Waals surface area contributed by atoms with Crippen molar-refractivity contribution in [2.45, 2.75) is 32.2 Å². The molecule has 21 heavy (non-hydrogen) atoms. The third kappa shape index (κ3) is 2.96. The number of nitrogens with zero attached hydrogens (tertiary/aromatic N) is 1. The largest absolute Gasteiger partial charge is 0.468 e. The van der Waals surface area contributed by atoms with Gasteiger partial charge in [-0.3, -0.25) is 0 Å². The van der Waals surface area contributed by atoms with Crippen LogP contribution in [-0.2, 0) is 16.6 Å². The predicted octanol–water partition coefficient (Wildman–Crippen LogP) is 2.69. The van der Waals surface area contributed by atoms with Crippen LogP contribution in [0, 0.1) is 13.8 Å². The molecule has 0 saturated heterocycles. The van der Waals surface area contributed by atoms with E-state index in [1.165, 1.54) is 10.6 Å². The first-order chi connectivity index (χ1) is 9.87. The van der Waals surface area contributed by atoms with E-state index < -0.39 is 10.0 Å². The van der Waals surface area contributed by atoms with E-state index in [0.717, 1.165) is 5.56 Å². The molecular weight excluding hydrogens is 288 g/mol. The van der Waals surface area contributed by atoms with E-state index in [2.05, 4.69) is 0 Å². The van der Waals surface area contributed by atoms with Crippen LogP contribution in [0.3, 0.4) is 0 Å². The number of anilines is 1. The van der Waals surface area contributed by atoms with Crippen LogP contribution in [0.1, 0.15) is 23.8 Å². The molecule has 0 saturated carbocycles. The molecule has 1 aromatic carbocycles. The zero-order valence-corrected chi connectivity index (χ0v) is 13.3. The van der Waals surface area contributed by atoms with Crippen molar-refractivity contribution in [1.29, 1.82) is 0 Å². The van der Waals surface area contributed by atoms with Gasteiger partial charge in [-0.15, -0.1) is 0 Å². The standard InChI is InChI=1S/C15H20N2O3S/c1-4-17(10-13-6-5-9-20-13)21(18,19)15-12(3)11(2)7-8-14(15)16/h5-9H,4,10,16H2,1-3H3. The van der Waals surface area contributed by atoms with Gasteiger partial charge in [0.05, 0.1) is 18.5 Å². The number of nitrogen functional groups attached to an aromatic ring is 1. The monoisotopic (exact) mass is 308 g/mol.